The average molecular weight is 321 g/mol. The standard InChI is InChI=1S/C21H21N.H2S/c1-21(2,18-12-6-3-7-13-18)22(19-14-8-4-9-15-19)20-16-10-5-11-17-20;/h3-17H,1-2H3;1H2. The molecule has 0 N–H and O–H groups in total. The van der Waals surface area contributed by atoms with E-state index in [1.165, 1.54) is 16.9 Å². The summed E-state index contributed by atoms with van der Waals surface area (Å²) in [7, 11) is 0. The molecule has 0 heterocycles. The normalized spacial score (nSPS) is 10.7. The van der Waals surface area contributed by atoms with E-state index < -0.39 is 0 Å². The molecule has 2 heteroatoms. The van der Waals surface area contributed by atoms with E-state index in [9.17, 15) is 0 Å². The molecule has 3 aromatic rings. The highest BCUT2D eigenvalue weighted by Crippen LogP contribution is 2.38. The summed E-state index contributed by atoms with van der Waals surface area (Å²) in [5.74, 6) is 0. The lowest BCUT2D eigenvalue weighted by molar-refractivity contribution is 0.536. The molecule has 3 rings (SSSR count). The van der Waals surface area contributed by atoms with Gasteiger partial charge >= 0.3 is 0 Å². The quantitative estimate of drug-likeness (QED) is 0.580. The first-order chi connectivity index (χ1) is 10.7. The van der Waals surface area contributed by atoms with Crippen LogP contribution in [0.3, 0.4) is 0 Å². The average Bonchev–Trinajstić information content (AvgIpc) is 2.58. The van der Waals surface area contributed by atoms with Crippen LogP contribution in [0.5, 0.6) is 0 Å². The third-order valence-corrected chi connectivity index (χ3v) is 4.07. The van der Waals surface area contributed by atoms with Gasteiger partial charge in [0.2, 0.25) is 0 Å². The van der Waals surface area contributed by atoms with E-state index in [0.29, 0.717) is 0 Å². The van der Waals surface area contributed by atoms with E-state index in [0.717, 1.165) is 0 Å². The summed E-state index contributed by atoms with van der Waals surface area (Å²) in [6.45, 7) is 4.53. The third kappa shape index (κ3) is 3.59. The minimum Gasteiger partial charge on any atom is -0.332 e. The molecule has 0 saturated heterocycles. The zero-order chi connectivity index (χ0) is 15.4. The van der Waals surface area contributed by atoms with Crippen molar-refractivity contribution in [2.24, 2.45) is 0 Å². The van der Waals surface area contributed by atoms with E-state index in [1.807, 2.05) is 0 Å². The first-order valence-corrected chi connectivity index (χ1v) is 7.65. The summed E-state index contributed by atoms with van der Waals surface area (Å²) in [4.78, 5) is 2.39. The molecule has 1 nitrogen and oxygen atoms in total. The van der Waals surface area contributed by atoms with Crippen LogP contribution in [0.1, 0.15) is 19.4 Å². The third-order valence-electron chi connectivity index (χ3n) is 4.07. The molecule has 0 saturated carbocycles. The van der Waals surface area contributed by atoms with E-state index in [1.54, 1.807) is 0 Å². The Balaban J connectivity index is 0.00000192. The summed E-state index contributed by atoms with van der Waals surface area (Å²) in [5.41, 5.74) is 3.54. The largest absolute Gasteiger partial charge is 0.332 e. The Morgan fingerprint density at radius 2 is 0.913 bits per heavy atom. The smallest absolute Gasteiger partial charge is 0.0646 e. The van der Waals surface area contributed by atoms with Gasteiger partial charge in [0, 0.05) is 11.4 Å². The van der Waals surface area contributed by atoms with Gasteiger partial charge in [0.05, 0.1) is 5.54 Å². The van der Waals surface area contributed by atoms with Gasteiger partial charge in [0.15, 0.2) is 0 Å². The fourth-order valence-electron chi connectivity index (χ4n) is 2.92. The zero-order valence-corrected chi connectivity index (χ0v) is 14.6. The van der Waals surface area contributed by atoms with Crippen LogP contribution in [0, 0.1) is 0 Å². The monoisotopic (exact) mass is 321 g/mol. The molecule has 3 aromatic carbocycles. The maximum absolute atomic E-state index is 2.39. The van der Waals surface area contributed by atoms with Crippen molar-refractivity contribution in [2.45, 2.75) is 19.4 Å². The minimum absolute atomic E-state index is 0. The Morgan fingerprint density at radius 3 is 1.30 bits per heavy atom. The lowest BCUT2D eigenvalue weighted by Crippen LogP contribution is -2.38. The van der Waals surface area contributed by atoms with Crippen LogP contribution in [0.4, 0.5) is 11.4 Å². The van der Waals surface area contributed by atoms with Crippen LogP contribution in [0.2, 0.25) is 0 Å². The molecule has 0 bridgehead atoms. The van der Waals surface area contributed by atoms with Crippen molar-refractivity contribution >= 4 is 24.9 Å². The van der Waals surface area contributed by atoms with Crippen molar-refractivity contribution in [3.05, 3.63) is 96.6 Å². The van der Waals surface area contributed by atoms with Gasteiger partial charge in [-0.3, -0.25) is 0 Å². The van der Waals surface area contributed by atoms with Crippen LogP contribution < -0.4 is 4.90 Å². The lowest BCUT2D eigenvalue weighted by Gasteiger charge is -2.41. The van der Waals surface area contributed by atoms with Gasteiger partial charge in [-0.15, -0.1) is 0 Å². The number of benzene rings is 3. The number of rotatable bonds is 4. The fraction of sp³-hybridized carbons (Fsp3) is 0.143. The van der Waals surface area contributed by atoms with Crippen molar-refractivity contribution < 1.29 is 0 Å². The molecule has 23 heavy (non-hydrogen) atoms. The summed E-state index contributed by atoms with van der Waals surface area (Å²) in [5, 5.41) is 0. The van der Waals surface area contributed by atoms with Crippen molar-refractivity contribution in [1.82, 2.24) is 0 Å². The van der Waals surface area contributed by atoms with E-state index in [4.69, 9.17) is 0 Å². The van der Waals surface area contributed by atoms with Gasteiger partial charge < -0.3 is 4.90 Å². The van der Waals surface area contributed by atoms with Crippen LogP contribution in [0.25, 0.3) is 0 Å². The molecule has 0 unspecified atom stereocenters. The number of anilines is 2. The second-order valence-electron chi connectivity index (χ2n) is 5.93. The van der Waals surface area contributed by atoms with Crippen molar-refractivity contribution in [3.63, 3.8) is 0 Å². The molecular formula is C21H23NS. The molecular weight excluding hydrogens is 298 g/mol. The second kappa shape index (κ2) is 7.38. The lowest BCUT2D eigenvalue weighted by atomic mass is 9.91. The zero-order valence-electron chi connectivity index (χ0n) is 13.6. The molecule has 118 valence electrons. The molecule has 0 aliphatic rings. The Kier molecular flexibility index (Phi) is 5.51. The van der Waals surface area contributed by atoms with Crippen LogP contribution in [0.15, 0.2) is 91.0 Å². The molecule has 0 aliphatic heterocycles. The Bertz CT molecular complexity index is 669. The highest BCUT2D eigenvalue weighted by molar-refractivity contribution is 7.59. The van der Waals surface area contributed by atoms with Crippen molar-refractivity contribution in [2.75, 3.05) is 4.90 Å². The van der Waals surface area contributed by atoms with Gasteiger partial charge in [-0.2, -0.15) is 13.5 Å². The second-order valence-corrected chi connectivity index (χ2v) is 5.93. The Hall–Kier alpha value is -2.19. The first-order valence-electron chi connectivity index (χ1n) is 7.65. The molecule has 0 spiro atoms. The molecule has 0 atom stereocenters. The molecule has 0 aliphatic carbocycles. The Morgan fingerprint density at radius 1 is 0.565 bits per heavy atom. The highest BCUT2D eigenvalue weighted by Gasteiger charge is 2.30. The van der Waals surface area contributed by atoms with Crippen LogP contribution in [-0.4, -0.2) is 0 Å². The van der Waals surface area contributed by atoms with E-state index >= 15 is 0 Å². The number of nitrogens with zero attached hydrogens (tertiary/aromatic N) is 1. The van der Waals surface area contributed by atoms with Crippen molar-refractivity contribution in [3.8, 4) is 0 Å². The summed E-state index contributed by atoms with van der Waals surface area (Å²) >= 11 is 0. The first kappa shape index (κ1) is 17.2. The number of hydrogen-bond donors (Lipinski definition) is 0. The fourth-order valence-corrected chi connectivity index (χ4v) is 2.92. The van der Waals surface area contributed by atoms with Crippen LogP contribution >= 0.6 is 13.5 Å². The predicted molar refractivity (Wildman–Crippen MR) is 105 cm³/mol. The van der Waals surface area contributed by atoms with Gasteiger partial charge in [-0.25, -0.2) is 0 Å². The van der Waals surface area contributed by atoms with Gasteiger partial charge in [0.25, 0.3) is 0 Å². The number of hydrogen-bond acceptors (Lipinski definition) is 1. The Labute approximate surface area is 146 Å². The number of para-hydroxylation sites is 2. The maximum atomic E-state index is 2.39. The topological polar surface area (TPSA) is 3.24 Å². The summed E-state index contributed by atoms with van der Waals surface area (Å²) < 4.78 is 0. The predicted octanol–water partition coefficient (Wildman–Crippen LogP) is 5.87. The van der Waals surface area contributed by atoms with Gasteiger partial charge in [0.1, 0.15) is 0 Å². The van der Waals surface area contributed by atoms with Crippen LogP contribution in [-0.2, 0) is 5.54 Å². The molecule has 0 aromatic heterocycles. The molecule has 0 amide bonds. The van der Waals surface area contributed by atoms with Gasteiger partial charge in [-0.1, -0.05) is 66.7 Å². The van der Waals surface area contributed by atoms with E-state index in [-0.39, 0.29) is 19.0 Å². The van der Waals surface area contributed by atoms with E-state index in [2.05, 4.69) is 110 Å². The maximum Gasteiger partial charge on any atom is 0.0646 e. The highest BCUT2D eigenvalue weighted by atomic mass is 32.1. The van der Waals surface area contributed by atoms with Gasteiger partial charge in [-0.05, 0) is 43.7 Å². The molecule has 0 fully saturated rings. The minimum atomic E-state index is -0.149. The summed E-state index contributed by atoms with van der Waals surface area (Å²) in [6.07, 6.45) is 0. The van der Waals surface area contributed by atoms with Crippen molar-refractivity contribution in [1.29, 1.82) is 0 Å². The summed E-state index contributed by atoms with van der Waals surface area (Å²) in [6, 6.07) is 31.8. The molecule has 0 radical (unpaired) electrons. The SMILES string of the molecule is CC(C)(c1ccccc1)N(c1ccccc1)c1ccccc1.S.